The fourth-order valence-corrected chi connectivity index (χ4v) is 5.70. The Labute approximate surface area is 448 Å². The lowest BCUT2D eigenvalue weighted by Crippen LogP contribution is -2.43. The lowest BCUT2D eigenvalue weighted by molar-refractivity contribution is -0.114. The van der Waals surface area contributed by atoms with Crippen molar-refractivity contribution in [2.45, 2.75) is 0 Å². The van der Waals surface area contributed by atoms with E-state index in [0.717, 1.165) is 0 Å². The predicted octanol–water partition coefficient (Wildman–Crippen LogP) is -1.83. The summed E-state index contributed by atoms with van der Waals surface area (Å²) in [7, 11) is 0. The van der Waals surface area contributed by atoms with E-state index in [4.69, 9.17) is 127 Å². The average molecular weight is 1100 g/mol. The van der Waals surface area contributed by atoms with E-state index in [-0.39, 0.29) is 0 Å². The van der Waals surface area contributed by atoms with Crippen LogP contribution in [0.4, 0.5) is 0 Å². The highest BCUT2D eigenvalue weighted by atomic mass is 16.6. The van der Waals surface area contributed by atoms with Gasteiger partial charge in [0, 0.05) is 26.2 Å². The number of rotatable bonds is 70. The molecule has 0 aromatic heterocycles. The van der Waals surface area contributed by atoms with Crippen molar-refractivity contribution in [2.75, 3.05) is 317 Å². The monoisotopic (exact) mass is 1100 g/mol. The Morgan fingerprint density at radius 2 is 0.227 bits per heavy atom. The van der Waals surface area contributed by atoms with Crippen molar-refractivity contribution < 1.29 is 104 Å². The van der Waals surface area contributed by atoms with Gasteiger partial charge in [0.05, 0.1) is 296 Å². The molecule has 26 nitrogen and oxygen atoms in total. The van der Waals surface area contributed by atoms with Gasteiger partial charge in [-0.15, -0.1) is 0 Å². The molecule has 0 rings (SSSR count). The van der Waals surface area contributed by atoms with E-state index >= 15 is 0 Å². The number of nitrogens with two attached hydrogens (primary N) is 4. The summed E-state index contributed by atoms with van der Waals surface area (Å²) < 4.78 is 123. The van der Waals surface area contributed by atoms with Crippen molar-refractivity contribution in [1.29, 1.82) is 0 Å². The molecule has 0 atom stereocenters. The Bertz CT molecular complexity index is 958. The van der Waals surface area contributed by atoms with Gasteiger partial charge >= 0.3 is 0 Å². The molecule has 0 unspecified atom stereocenters. The normalized spacial score (nSPS) is 12.0. The summed E-state index contributed by atoms with van der Waals surface area (Å²) >= 11 is 0. The zero-order valence-corrected chi connectivity index (χ0v) is 45.7. The van der Waals surface area contributed by atoms with Crippen LogP contribution >= 0.6 is 0 Å². The third-order valence-corrected chi connectivity index (χ3v) is 9.38. The zero-order chi connectivity index (χ0) is 54.0. The summed E-state index contributed by atoms with van der Waals surface area (Å²) in [6.07, 6.45) is 0. The molecule has 0 aliphatic carbocycles. The molecule has 0 heterocycles. The highest BCUT2D eigenvalue weighted by molar-refractivity contribution is 4.79. The largest absolute Gasteiger partial charge is 0.379 e. The van der Waals surface area contributed by atoms with Gasteiger partial charge in [-0.05, 0) is 0 Å². The second kappa shape index (κ2) is 67.2. The Kier molecular flexibility index (Phi) is 66.3. The Hall–Kier alpha value is -1.04. The highest BCUT2D eigenvalue weighted by Gasteiger charge is 2.32. The molecule has 75 heavy (non-hydrogen) atoms. The first-order chi connectivity index (χ1) is 37.2. The van der Waals surface area contributed by atoms with E-state index in [9.17, 15) is 0 Å². The van der Waals surface area contributed by atoms with Crippen molar-refractivity contribution in [1.82, 2.24) is 0 Å². The Morgan fingerprint density at radius 1 is 0.133 bits per heavy atom. The maximum absolute atomic E-state index is 6.03. The van der Waals surface area contributed by atoms with E-state index in [1.807, 2.05) is 0 Å². The van der Waals surface area contributed by atoms with Crippen molar-refractivity contribution in [2.24, 2.45) is 28.3 Å². The van der Waals surface area contributed by atoms with E-state index in [1.165, 1.54) is 0 Å². The van der Waals surface area contributed by atoms with Crippen LogP contribution in [0.1, 0.15) is 0 Å². The summed E-state index contributed by atoms with van der Waals surface area (Å²) in [5, 5.41) is 0. The fraction of sp³-hybridized carbons (Fsp3) is 1.00. The smallest absolute Gasteiger partial charge is 0.0701 e. The molecular formula is C49H104N4O22. The van der Waals surface area contributed by atoms with E-state index in [0.29, 0.717) is 317 Å². The molecule has 0 spiro atoms. The molecule has 452 valence electrons. The SMILES string of the molecule is NCCOCCOCCOCCOCCOCCOCCOCCOCCOCCOCC(COCCN)(COCCN)COCCOCCOCCOCCOCCOCCOCCOCCOCCOCCN. The first-order valence-electron chi connectivity index (χ1n) is 26.7. The van der Waals surface area contributed by atoms with Crippen molar-refractivity contribution in [3.8, 4) is 0 Å². The maximum atomic E-state index is 6.03. The van der Waals surface area contributed by atoms with Crippen LogP contribution < -0.4 is 22.9 Å². The van der Waals surface area contributed by atoms with Crippen molar-refractivity contribution in [3.05, 3.63) is 0 Å². The van der Waals surface area contributed by atoms with Gasteiger partial charge in [-0.3, -0.25) is 0 Å². The zero-order valence-electron chi connectivity index (χ0n) is 45.7. The van der Waals surface area contributed by atoms with Gasteiger partial charge < -0.3 is 127 Å². The van der Waals surface area contributed by atoms with Crippen LogP contribution in [0.2, 0.25) is 0 Å². The van der Waals surface area contributed by atoms with Gasteiger partial charge in [-0.25, -0.2) is 0 Å². The molecule has 0 saturated carbocycles. The third-order valence-electron chi connectivity index (χ3n) is 9.38. The minimum Gasteiger partial charge on any atom is -0.379 e. The minimum absolute atomic E-state index is 0.324. The van der Waals surface area contributed by atoms with E-state index in [1.54, 1.807) is 0 Å². The van der Waals surface area contributed by atoms with Crippen LogP contribution in [0.15, 0.2) is 0 Å². The Balaban J connectivity index is 3.76. The van der Waals surface area contributed by atoms with Crippen LogP contribution in [0.5, 0.6) is 0 Å². The van der Waals surface area contributed by atoms with Crippen LogP contribution in [-0.2, 0) is 104 Å². The first kappa shape index (κ1) is 74.0. The summed E-state index contributed by atoms with van der Waals surface area (Å²) in [4.78, 5) is 0. The van der Waals surface area contributed by atoms with Crippen LogP contribution in [0.25, 0.3) is 0 Å². The van der Waals surface area contributed by atoms with Crippen molar-refractivity contribution >= 4 is 0 Å². The molecular weight excluding hydrogens is 997 g/mol. The molecule has 0 bridgehead atoms. The summed E-state index contributed by atoms with van der Waals surface area (Å²) in [5.74, 6) is 0. The number of hydrogen-bond acceptors (Lipinski definition) is 26. The van der Waals surface area contributed by atoms with Crippen LogP contribution in [0.3, 0.4) is 0 Å². The second-order valence-electron chi connectivity index (χ2n) is 15.9. The van der Waals surface area contributed by atoms with Crippen LogP contribution in [0, 0.1) is 5.41 Å². The summed E-state index contributed by atoms with van der Waals surface area (Å²) in [6.45, 7) is 22.1. The molecule has 0 aliphatic rings. The predicted molar refractivity (Wildman–Crippen MR) is 277 cm³/mol. The van der Waals surface area contributed by atoms with E-state index < -0.39 is 5.41 Å². The molecule has 0 aromatic carbocycles. The van der Waals surface area contributed by atoms with Crippen LogP contribution in [-0.4, -0.2) is 317 Å². The highest BCUT2D eigenvalue weighted by Crippen LogP contribution is 2.21. The molecule has 0 aliphatic heterocycles. The second-order valence-corrected chi connectivity index (χ2v) is 15.9. The molecule has 0 fully saturated rings. The van der Waals surface area contributed by atoms with Gasteiger partial charge in [-0.1, -0.05) is 0 Å². The molecule has 0 amide bonds. The minimum atomic E-state index is -0.580. The molecule has 0 saturated heterocycles. The number of ether oxygens (including phenoxy) is 22. The van der Waals surface area contributed by atoms with Gasteiger partial charge in [0.15, 0.2) is 0 Å². The lowest BCUT2D eigenvalue weighted by atomic mass is 9.92. The topological polar surface area (TPSA) is 307 Å². The fourth-order valence-electron chi connectivity index (χ4n) is 5.70. The third kappa shape index (κ3) is 62.0. The lowest BCUT2D eigenvalue weighted by Gasteiger charge is -2.33. The molecule has 26 heteroatoms. The van der Waals surface area contributed by atoms with Gasteiger partial charge in [0.2, 0.25) is 0 Å². The molecule has 0 aromatic rings. The Morgan fingerprint density at radius 3 is 0.360 bits per heavy atom. The quantitative estimate of drug-likeness (QED) is 0.0487. The standard InChI is InChI=1S/C49H104N4O22/c50-1-5-54-9-11-56-13-15-58-17-19-60-21-23-62-25-27-64-29-31-66-33-35-68-37-39-70-41-43-74-47-49(45-72-7-3-52,46-73-8-4-53)48-75-44-42-71-40-38-69-36-34-67-32-30-65-28-26-63-24-22-61-20-18-59-16-14-57-12-10-55-6-2-51/h1-48,50-53H2. The van der Waals surface area contributed by atoms with Gasteiger partial charge in [0.25, 0.3) is 0 Å². The molecule has 8 N–H and O–H groups in total. The number of hydrogen-bond donors (Lipinski definition) is 4. The summed E-state index contributed by atoms with van der Waals surface area (Å²) in [6, 6.07) is 0. The first-order valence-corrected chi connectivity index (χ1v) is 26.7. The van der Waals surface area contributed by atoms with E-state index in [2.05, 4.69) is 0 Å². The summed E-state index contributed by atoms with van der Waals surface area (Å²) in [5.41, 5.74) is 21.5. The maximum Gasteiger partial charge on any atom is 0.0701 e. The molecule has 0 radical (unpaired) electrons. The van der Waals surface area contributed by atoms with Gasteiger partial charge in [0.1, 0.15) is 0 Å². The van der Waals surface area contributed by atoms with Crippen molar-refractivity contribution in [3.63, 3.8) is 0 Å². The average Bonchev–Trinajstić information content (AvgIpc) is 3.42. The van der Waals surface area contributed by atoms with Gasteiger partial charge in [-0.2, -0.15) is 0 Å².